The number of fused-ring (bicyclic) bond motifs is 1. The number of methoxy groups -OCH3 is 1. The van der Waals surface area contributed by atoms with Crippen LogP contribution in [0.5, 0.6) is 5.75 Å². The molecule has 0 atom stereocenters. The van der Waals surface area contributed by atoms with Crippen molar-refractivity contribution in [1.82, 2.24) is 19.9 Å². The fraction of sp³-hybridized carbons (Fsp3) is 0.263. The summed E-state index contributed by atoms with van der Waals surface area (Å²) in [4.78, 5) is 27.1. The van der Waals surface area contributed by atoms with Crippen LogP contribution in [0.1, 0.15) is 10.4 Å². The lowest BCUT2D eigenvalue weighted by molar-refractivity contribution is 0.0601. The third-order valence-corrected chi connectivity index (χ3v) is 3.77. The normalized spacial score (nSPS) is 10.9. The summed E-state index contributed by atoms with van der Waals surface area (Å²) in [7, 11) is 5.34. The quantitative estimate of drug-likeness (QED) is 0.631. The lowest BCUT2D eigenvalue weighted by Crippen LogP contribution is -2.19. The number of aromatic nitrogens is 3. The molecular weight excluding hydrogens is 332 g/mol. The van der Waals surface area contributed by atoms with Crippen molar-refractivity contribution in [3.8, 4) is 17.1 Å². The Bertz CT molecular complexity index is 910. The molecule has 0 aliphatic heterocycles. The van der Waals surface area contributed by atoms with Crippen molar-refractivity contribution in [2.24, 2.45) is 0 Å². The smallest absolute Gasteiger partial charge is 0.337 e. The second-order valence-corrected chi connectivity index (χ2v) is 5.98. The maximum absolute atomic E-state index is 11.7. The van der Waals surface area contributed by atoms with Gasteiger partial charge in [-0.25, -0.2) is 9.78 Å². The number of ether oxygens (including phenoxy) is 2. The van der Waals surface area contributed by atoms with Gasteiger partial charge in [0.15, 0.2) is 0 Å². The second-order valence-electron chi connectivity index (χ2n) is 5.98. The van der Waals surface area contributed by atoms with E-state index in [1.165, 1.54) is 7.11 Å². The number of nitrogens with zero attached hydrogens (tertiary/aromatic N) is 4. The van der Waals surface area contributed by atoms with Crippen LogP contribution in [0.3, 0.4) is 0 Å². The number of esters is 1. The summed E-state index contributed by atoms with van der Waals surface area (Å²) >= 11 is 0. The topological polar surface area (TPSA) is 77.4 Å². The number of pyridine rings is 1. The fourth-order valence-electron chi connectivity index (χ4n) is 2.34. The van der Waals surface area contributed by atoms with Gasteiger partial charge in [0.05, 0.1) is 41.8 Å². The van der Waals surface area contributed by atoms with Crippen molar-refractivity contribution >= 4 is 17.0 Å². The highest BCUT2D eigenvalue weighted by molar-refractivity contribution is 5.93. The number of likely N-dealkylation sites (N-methyl/N-ethyl adjacent to an activating group) is 1. The van der Waals surface area contributed by atoms with Gasteiger partial charge in [-0.3, -0.25) is 9.97 Å². The van der Waals surface area contributed by atoms with Crippen LogP contribution in [0.25, 0.3) is 22.4 Å². The van der Waals surface area contributed by atoms with Gasteiger partial charge in [-0.1, -0.05) is 0 Å². The third kappa shape index (κ3) is 4.12. The van der Waals surface area contributed by atoms with Crippen molar-refractivity contribution in [2.45, 2.75) is 0 Å². The predicted octanol–water partition coefficient (Wildman–Crippen LogP) is 2.42. The van der Waals surface area contributed by atoms with Crippen LogP contribution in [0.15, 0.2) is 42.7 Å². The minimum Gasteiger partial charge on any atom is -0.491 e. The molecule has 0 radical (unpaired) electrons. The van der Waals surface area contributed by atoms with Crippen LogP contribution in [-0.4, -0.2) is 60.2 Å². The molecule has 0 fully saturated rings. The molecule has 7 nitrogen and oxygen atoms in total. The van der Waals surface area contributed by atoms with E-state index in [2.05, 4.69) is 19.9 Å². The molecular formula is C19H20N4O3. The van der Waals surface area contributed by atoms with Gasteiger partial charge in [-0.15, -0.1) is 0 Å². The van der Waals surface area contributed by atoms with Crippen LogP contribution in [-0.2, 0) is 4.74 Å². The summed E-state index contributed by atoms with van der Waals surface area (Å²) in [6, 6.07) is 8.77. The lowest BCUT2D eigenvalue weighted by atomic mass is 10.2. The first kappa shape index (κ1) is 17.8. The molecule has 134 valence electrons. The highest BCUT2D eigenvalue weighted by Gasteiger charge is 2.09. The molecule has 3 aromatic rings. The molecule has 2 aromatic heterocycles. The van der Waals surface area contributed by atoms with Crippen molar-refractivity contribution < 1.29 is 14.3 Å². The summed E-state index contributed by atoms with van der Waals surface area (Å²) in [5.74, 6) is 0.300. The van der Waals surface area contributed by atoms with E-state index in [0.717, 1.165) is 6.54 Å². The van der Waals surface area contributed by atoms with Crippen LogP contribution >= 0.6 is 0 Å². The van der Waals surface area contributed by atoms with E-state index in [-0.39, 0.29) is 0 Å². The van der Waals surface area contributed by atoms with E-state index in [1.807, 2.05) is 26.2 Å². The zero-order valence-corrected chi connectivity index (χ0v) is 15.0. The molecule has 0 unspecified atom stereocenters. The number of carbonyl (C=O) groups is 1. The minimum atomic E-state index is -0.406. The number of hydrogen-bond donors (Lipinski definition) is 0. The molecule has 0 amide bonds. The molecule has 2 heterocycles. The zero-order valence-electron chi connectivity index (χ0n) is 15.0. The summed E-state index contributed by atoms with van der Waals surface area (Å²) in [6.45, 7) is 1.43. The predicted molar refractivity (Wildman–Crippen MR) is 98.2 cm³/mol. The fourth-order valence-corrected chi connectivity index (χ4v) is 2.34. The first-order valence-electron chi connectivity index (χ1n) is 8.16. The van der Waals surface area contributed by atoms with Crippen LogP contribution in [0, 0.1) is 0 Å². The molecule has 1 aromatic carbocycles. The monoisotopic (exact) mass is 352 g/mol. The Labute approximate surface area is 151 Å². The van der Waals surface area contributed by atoms with Crippen molar-refractivity contribution in [3.05, 3.63) is 48.3 Å². The van der Waals surface area contributed by atoms with Gasteiger partial charge in [0, 0.05) is 6.54 Å². The van der Waals surface area contributed by atoms with Gasteiger partial charge in [0.1, 0.15) is 18.1 Å². The number of benzene rings is 1. The standard InChI is InChI=1S/C19H20N4O3/c1-23(2)8-9-26-14-5-7-16(20-11-14)18-12-21-15-6-4-13(19(24)25-3)10-17(15)22-18/h4-7,10-12H,8-9H2,1-3H3. The molecule has 0 saturated heterocycles. The van der Waals surface area contributed by atoms with Gasteiger partial charge in [-0.2, -0.15) is 0 Å². The van der Waals surface area contributed by atoms with E-state index in [9.17, 15) is 4.79 Å². The average molecular weight is 352 g/mol. The number of hydrogen-bond acceptors (Lipinski definition) is 7. The average Bonchev–Trinajstić information content (AvgIpc) is 2.66. The maximum atomic E-state index is 11.7. The van der Waals surface area contributed by atoms with Gasteiger partial charge in [0.2, 0.25) is 0 Å². The van der Waals surface area contributed by atoms with Crippen LogP contribution in [0.2, 0.25) is 0 Å². The molecule has 0 saturated carbocycles. The first-order chi connectivity index (χ1) is 12.6. The van der Waals surface area contributed by atoms with E-state index in [4.69, 9.17) is 9.47 Å². The first-order valence-corrected chi connectivity index (χ1v) is 8.16. The molecule has 0 aliphatic carbocycles. The second kappa shape index (κ2) is 7.88. The van der Waals surface area contributed by atoms with E-state index in [1.54, 1.807) is 30.6 Å². The van der Waals surface area contributed by atoms with Crippen molar-refractivity contribution in [2.75, 3.05) is 34.4 Å². The summed E-state index contributed by atoms with van der Waals surface area (Å²) < 4.78 is 10.4. The van der Waals surface area contributed by atoms with Crippen molar-refractivity contribution in [1.29, 1.82) is 0 Å². The molecule has 7 heteroatoms. The molecule has 0 aliphatic rings. The van der Waals surface area contributed by atoms with Crippen LogP contribution in [0.4, 0.5) is 0 Å². The van der Waals surface area contributed by atoms with E-state index < -0.39 is 5.97 Å². The Balaban J connectivity index is 1.82. The molecule has 0 spiro atoms. The van der Waals surface area contributed by atoms with Gasteiger partial charge < -0.3 is 14.4 Å². The highest BCUT2D eigenvalue weighted by atomic mass is 16.5. The summed E-state index contributed by atoms with van der Waals surface area (Å²) in [6.07, 6.45) is 3.33. The Morgan fingerprint density at radius 1 is 1.04 bits per heavy atom. The maximum Gasteiger partial charge on any atom is 0.337 e. The Hall–Kier alpha value is -3.06. The van der Waals surface area contributed by atoms with E-state index in [0.29, 0.717) is 40.3 Å². The lowest BCUT2D eigenvalue weighted by Gasteiger charge is -2.11. The molecule has 3 rings (SSSR count). The number of carbonyl (C=O) groups excluding carboxylic acids is 1. The largest absolute Gasteiger partial charge is 0.491 e. The van der Waals surface area contributed by atoms with Crippen LogP contribution < -0.4 is 4.74 Å². The molecule has 26 heavy (non-hydrogen) atoms. The molecule has 0 N–H and O–H groups in total. The Morgan fingerprint density at radius 2 is 1.88 bits per heavy atom. The summed E-state index contributed by atoms with van der Waals surface area (Å²) in [5, 5.41) is 0. The zero-order chi connectivity index (χ0) is 18.5. The van der Waals surface area contributed by atoms with Gasteiger partial charge in [-0.05, 0) is 44.4 Å². The SMILES string of the molecule is COC(=O)c1ccc2ncc(-c3ccc(OCCN(C)C)cn3)nc2c1. The van der Waals surface area contributed by atoms with Gasteiger partial charge >= 0.3 is 5.97 Å². The highest BCUT2D eigenvalue weighted by Crippen LogP contribution is 2.20. The third-order valence-electron chi connectivity index (χ3n) is 3.77. The Kier molecular flexibility index (Phi) is 5.38. The Morgan fingerprint density at radius 3 is 2.58 bits per heavy atom. The van der Waals surface area contributed by atoms with Crippen molar-refractivity contribution in [3.63, 3.8) is 0 Å². The summed E-state index contributed by atoms with van der Waals surface area (Å²) in [5.41, 5.74) is 3.05. The van der Waals surface area contributed by atoms with E-state index >= 15 is 0 Å². The number of rotatable bonds is 6. The minimum absolute atomic E-state index is 0.406. The molecule has 0 bridgehead atoms. The van der Waals surface area contributed by atoms with Gasteiger partial charge in [0.25, 0.3) is 0 Å².